The van der Waals surface area contributed by atoms with Gasteiger partial charge >= 0.3 is 0 Å². The molecule has 0 spiro atoms. The monoisotopic (exact) mass is 310 g/mol. The van der Waals surface area contributed by atoms with E-state index in [4.69, 9.17) is 10.5 Å². The van der Waals surface area contributed by atoms with Crippen LogP contribution in [0, 0.1) is 0 Å². The Hall–Kier alpha value is -1.80. The van der Waals surface area contributed by atoms with Crippen molar-refractivity contribution in [1.82, 2.24) is 10.2 Å². The summed E-state index contributed by atoms with van der Waals surface area (Å²) in [5.74, 6) is 0.581. The topological polar surface area (TPSA) is 90.1 Å². The number of amides is 1. The summed E-state index contributed by atoms with van der Waals surface area (Å²) in [5, 5.41) is 10.5. The molecule has 20 heavy (non-hydrogen) atoms. The van der Waals surface area contributed by atoms with E-state index in [0.29, 0.717) is 20.9 Å². The highest BCUT2D eigenvalue weighted by Gasteiger charge is 2.17. The minimum atomic E-state index is -0.298. The third kappa shape index (κ3) is 3.84. The van der Waals surface area contributed by atoms with Crippen molar-refractivity contribution >= 4 is 39.8 Å². The van der Waals surface area contributed by atoms with Gasteiger partial charge in [0.15, 0.2) is 4.34 Å². The molecule has 2 aromatic rings. The summed E-state index contributed by atoms with van der Waals surface area (Å²) in [6, 6.07) is 7.20. The summed E-state index contributed by atoms with van der Waals surface area (Å²) in [6.07, 6.45) is 0. The van der Waals surface area contributed by atoms with Crippen molar-refractivity contribution in [3.63, 3.8) is 0 Å². The molecule has 1 aromatic heterocycles. The van der Waals surface area contributed by atoms with E-state index in [0.717, 1.165) is 0 Å². The number of methoxy groups -OCH3 is 1. The molecule has 8 heteroatoms. The average Bonchev–Trinajstić information content (AvgIpc) is 2.84. The lowest BCUT2D eigenvalue weighted by Crippen LogP contribution is -2.22. The SMILES string of the molecule is COc1cccc(NC(=O)C(C)Sc2nnc(N)s2)c1. The van der Waals surface area contributed by atoms with Crippen LogP contribution in [0.15, 0.2) is 28.6 Å². The molecule has 0 aliphatic rings. The van der Waals surface area contributed by atoms with Crippen LogP contribution in [0.1, 0.15) is 6.92 Å². The van der Waals surface area contributed by atoms with Crippen LogP contribution in [-0.4, -0.2) is 28.5 Å². The van der Waals surface area contributed by atoms with Crippen molar-refractivity contribution in [2.45, 2.75) is 16.5 Å². The number of hydrogen-bond acceptors (Lipinski definition) is 7. The Kier molecular flexibility index (Phi) is 4.80. The third-order valence-corrected chi connectivity index (χ3v) is 4.34. The molecule has 0 radical (unpaired) electrons. The molecule has 1 heterocycles. The van der Waals surface area contributed by atoms with Crippen LogP contribution in [0.5, 0.6) is 5.75 Å². The van der Waals surface area contributed by atoms with E-state index in [1.165, 1.54) is 23.1 Å². The van der Waals surface area contributed by atoms with Crippen molar-refractivity contribution in [1.29, 1.82) is 0 Å². The van der Waals surface area contributed by atoms with Crippen LogP contribution in [0.2, 0.25) is 0 Å². The number of rotatable bonds is 5. The fourth-order valence-electron chi connectivity index (χ4n) is 1.42. The van der Waals surface area contributed by atoms with Gasteiger partial charge in [0.1, 0.15) is 5.75 Å². The predicted octanol–water partition coefficient (Wildman–Crippen LogP) is 2.25. The van der Waals surface area contributed by atoms with E-state index in [1.54, 1.807) is 26.2 Å². The highest BCUT2D eigenvalue weighted by atomic mass is 32.2. The first kappa shape index (κ1) is 14.6. The van der Waals surface area contributed by atoms with Gasteiger partial charge in [-0.3, -0.25) is 4.79 Å². The Morgan fingerprint density at radius 3 is 2.95 bits per heavy atom. The summed E-state index contributed by atoms with van der Waals surface area (Å²) < 4.78 is 5.78. The Labute approximate surface area is 124 Å². The van der Waals surface area contributed by atoms with E-state index < -0.39 is 0 Å². The van der Waals surface area contributed by atoms with Crippen molar-refractivity contribution in [2.24, 2.45) is 0 Å². The number of ether oxygens (including phenoxy) is 1. The highest BCUT2D eigenvalue weighted by Crippen LogP contribution is 2.28. The Morgan fingerprint density at radius 1 is 1.50 bits per heavy atom. The summed E-state index contributed by atoms with van der Waals surface area (Å²) in [6.45, 7) is 1.80. The van der Waals surface area contributed by atoms with Gasteiger partial charge in [-0.25, -0.2) is 0 Å². The predicted molar refractivity (Wildman–Crippen MR) is 81.3 cm³/mol. The molecule has 1 atom stereocenters. The molecular formula is C12H14N4O2S2. The number of carbonyl (C=O) groups is 1. The normalized spacial score (nSPS) is 11.9. The highest BCUT2D eigenvalue weighted by molar-refractivity contribution is 8.02. The maximum absolute atomic E-state index is 12.1. The third-order valence-electron chi connectivity index (χ3n) is 2.41. The molecule has 0 bridgehead atoms. The molecule has 1 aromatic carbocycles. The van der Waals surface area contributed by atoms with Crippen LogP contribution in [0.25, 0.3) is 0 Å². The van der Waals surface area contributed by atoms with Gasteiger partial charge in [0, 0.05) is 11.8 Å². The number of aromatic nitrogens is 2. The fraction of sp³-hybridized carbons (Fsp3) is 0.250. The molecule has 0 saturated carbocycles. The number of nitrogens with zero attached hydrogens (tertiary/aromatic N) is 2. The number of carbonyl (C=O) groups excluding carboxylic acids is 1. The Morgan fingerprint density at radius 2 is 2.30 bits per heavy atom. The number of hydrogen-bond donors (Lipinski definition) is 2. The second-order valence-electron chi connectivity index (χ2n) is 3.89. The summed E-state index contributed by atoms with van der Waals surface area (Å²) in [4.78, 5) is 12.1. The number of benzene rings is 1. The first-order valence-electron chi connectivity index (χ1n) is 5.79. The molecule has 6 nitrogen and oxygen atoms in total. The summed E-state index contributed by atoms with van der Waals surface area (Å²) >= 11 is 2.59. The van der Waals surface area contributed by atoms with Gasteiger partial charge in [0.25, 0.3) is 0 Å². The minimum absolute atomic E-state index is 0.114. The first-order valence-corrected chi connectivity index (χ1v) is 7.48. The standard InChI is InChI=1S/C12H14N4O2S2/c1-7(19-12-16-15-11(13)20-12)10(17)14-8-4-3-5-9(6-8)18-2/h3-7H,1-2H3,(H2,13,15)(H,14,17). The molecule has 2 rings (SSSR count). The van der Waals surface area contributed by atoms with Crippen molar-refractivity contribution in [3.05, 3.63) is 24.3 Å². The second-order valence-corrected chi connectivity index (χ2v) is 6.48. The number of thioether (sulfide) groups is 1. The first-order chi connectivity index (χ1) is 9.58. The quantitative estimate of drug-likeness (QED) is 0.823. The maximum Gasteiger partial charge on any atom is 0.237 e. The van der Waals surface area contributed by atoms with E-state index in [9.17, 15) is 4.79 Å². The van der Waals surface area contributed by atoms with Crippen LogP contribution < -0.4 is 15.8 Å². The van der Waals surface area contributed by atoms with Crippen LogP contribution in [0.3, 0.4) is 0 Å². The van der Waals surface area contributed by atoms with Gasteiger partial charge in [-0.2, -0.15) is 0 Å². The van der Waals surface area contributed by atoms with Gasteiger partial charge in [-0.1, -0.05) is 29.2 Å². The van der Waals surface area contributed by atoms with Crippen LogP contribution in [0.4, 0.5) is 10.8 Å². The van der Waals surface area contributed by atoms with E-state index in [2.05, 4.69) is 15.5 Å². The van der Waals surface area contributed by atoms with E-state index in [-0.39, 0.29) is 11.2 Å². The summed E-state index contributed by atoms with van der Waals surface area (Å²) in [7, 11) is 1.58. The fourth-order valence-corrected chi connectivity index (χ4v) is 3.20. The van der Waals surface area contributed by atoms with Crippen LogP contribution in [-0.2, 0) is 4.79 Å². The second kappa shape index (κ2) is 6.58. The minimum Gasteiger partial charge on any atom is -0.497 e. The number of nitrogens with one attached hydrogen (secondary N) is 1. The molecule has 3 N–H and O–H groups in total. The molecule has 106 valence electrons. The smallest absolute Gasteiger partial charge is 0.237 e. The molecular weight excluding hydrogens is 296 g/mol. The van der Waals surface area contributed by atoms with Gasteiger partial charge in [0.2, 0.25) is 11.0 Å². The van der Waals surface area contributed by atoms with Gasteiger partial charge in [-0.15, -0.1) is 10.2 Å². The lowest BCUT2D eigenvalue weighted by Gasteiger charge is -2.11. The Bertz CT molecular complexity index is 603. The van der Waals surface area contributed by atoms with E-state index in [1.807, 2.05) is 12.1 Å². The number of nitrogen functional groups attached to an aromatic ring is 1. The zero-order chi connectivity index (χ0) is 14.5. The van der Waals surface area contributed by atoms with Gasteiger partial charge < -0.3 is 15.8 Å². The molecule has 1 amide bonds. The molecule has 1 unspecified atom stereocenters. The zero-order valence-electron chi connectivity index (χ0n) is 11.0. The lowest BCUT2D eigenvalue weighted by atomic mass is 10.3. The zero-order valence-corrected chi connectivity index (χ0v) is 12.6. The number of nitrogens with two attached hydrogens (primary N) is 1. The van der Waals surface area contributed by atoms with Crippen molar-refractivity contribution in [2.75, 3.05) is 18.2 Å². The number of anilines is 2. The molecule has 0 aliphatic heterocycles. The molecule has 0 saturated heterocycles. The van der Waals surface area contributed by atoms with Crippen molar-refractivity contribution in [3.8, 4) is 5.75 Å². The summed E-state index contributed by atoms with van der Waals surface area (Å²) in [5.41, 5.74) is 6.20. The van der Waals surface area contributed by atoms with Gasteiger partial charge in [-0.05, 0) is 19.1 Å². The largest absolute Gasteiger partial charge is 0.497 e. The van der Waals surface area contributed by atoms with Gasteiger partial charge in [0.05, 0.1) is 12.4 Å². The van der Waals surface area contributed by atoms with Crippen LogP contribution >= 0.6 is 23.1 Å². The molecule has 0 fully saturated rings. The average molecular weight is 310 g/mol. The van der Waals surface area contributed by atoms with Crippen molar-refractivity contribution < 1.29 is 9.53 Å². The molecule has 0 aliphatic carbocycles. The lowest BCUT2D eigenvalue weighted by molar-refractivity contribution is -0.115. The van der Waals surface area contributed by atoms with E-state index >= 15 is 0 Å². The Balaban J connectivity index is 1.96. The maximum atomic E-state index is 12.1.